The van der Waals surface area contributed by atoms with Crippen molar-refractivity contribution in [2.75, 3.05) is 23.0 Å². The van der Waals surface area contributed by atoms with E-state index in [-0.39, 0.29) is 41.3 Å². The van der Waals surface area contributed by atoms with Crippen LogP contribution < -0.4 is 0 Å². The highest BCUT2D eigenvalue weighted by molar-refractivity contribution is 8.33. The second kappa shape index (κ2) is 12.4. The average molecular weight is 481 g/mol. The van der Waals surface area contributed by atoms with Crippen LogP contribution >= 0.6 is 70.6 Å². The number of carboxylic acids is 4. The van der Waals surface area contributed by atoms with Gasteiger partial charge in [-0.3, -0.25) is 19.2 Å². The minimum absolute atomic E-state index is 0.147. The van der Waals surface area contributed by atoms with Gasteiger partial charge in [0.25, 0.3) is 0 Å². The van der Waals surface area contributed by atoms with Gasteiger partial charge in [-0.05, 0) is 0 Å². The summed E-state index contributed by atoms with van der Waals surface area (Å²) in [5.41, 5.74) is 0. The van der Waals surface area contributed by atoms with Gasteiger partial charge in [0.15, 0.2) is 0 Å². The van der Waals surface area contributed by atoms with Crippen LogP contribution in [-0.4, -0.2) is 85.6 Å². The zero-order valence-corrected chi connectivity index (χ0v) is 17.9. The lowest BCUT2D eigenvalue weighted by atomic mass is 10.8. The summed E-state index contributed by atoms with van der Waals surface area (Å²) in [6.07, 6.45) is 0. The number of hydrogen-bond donors (Lipinski definition) is 4. The van der Waals surface area contributed by atoms with Crippen molar-refractivity contribution in [3.8, 4) is 0 Å². The Hall–Kier alpha value is -0.0200. The fourth-order valence-electron chi connectivity index (χ4n) is 1.61. The molecule has 1 aliphatic rings. The molecule has 0 aromatic heterocycles. The van der Waals surface area contributed by atoms with Crippen molar-refractivity contribution >= 4 is 94.4 Å². The van der Waals surface area contributed by atoms with Crippen LogP contribution in [0.4, 0.5) is 0 Å². The molecule has 1 fully saturated rings. The molecule has 0 spiro atoms. The van der Waals surface area contributed by atoms with Gasteiger partial charge in [0.2, 0.25) is 0 Å². The molecule has 0 amide bonds. The van der Waals surface area contributed by atoms with E-state index in [9.17, 15) is 19.2 Å². The van der Waals surface area contributed by atoms with E-state index in [4.69, 9.17) is 20.4 Å². The monoisotopic (exact) mass is 480 g/mol. The van der Waals surface area contributed by atoms with Crippen LogP contribution in [0.2, 0.25) is 0 Å². The Bertz CT molecular complexity index is 442. The Morgan fingerprint density at radius 2 is 0.731 bits per heavy atom. The van der Waals surface area contributed by atoms with E-state index in [0.717, 1.165) is 0 Å². The van der Waals surface area contributed by atoms with Crippen LogP contribution in [0.5, 0.6) is 0 Å². The molecule has 1 aliphatic heterocycles. The van der Waals surface area contributed by atoms with Crippen LogP contribution in [-0.2, 0) is 19.2 Å². The average Bonchev–Trinajstić information content (AvgIpc) is 2.54. The largest absolute Gasteiger partial charge is 0.481 e. The molecule has 1 rings (SSSR count). The van der Waals surface area contributed by atoms with E-state index >= 15 is 0 Å². The fraction of sp³-hybridized carbons (Fsp3) is 0.667. The summed E-state index contributed by atoms with van der Waals surface area (Å²) < 4.78 is -0.969. The van der Waals surface area contributed by atoms with Gasteiger partial charge in [0, 0.05) is 0 Å². The Balaban J connectivity index is 2.85. The molecular weight excluding hydrogens is 465 g/mol. The maximum Gasteiger partial charge on any atom is 0.313 e. The highest BCUT2D eigenvalue weighted by Crippen LogP contribution is 2.55. The molecule has 4 N–H and O–H groups in total. The Kier molecular flexibility index (Phi) is 11.5. The highest BCUT2D eigenvalue weighted by atomic mass is 32.2. The first-order chi connectivity index (χ1) is 12.2. The summed E-state index contributed by atoms with van der Waals surface area (Å²) in [7, 11) is 0. The van der Waals surface area contributed by atoms with Crippen LogP contribution in [0.15, 0.2) is 0 Å². The molecule has 26 heavy (non-hydrogen) atoms. The van der Waals surface area contributed by atoms with E-state index in [0.29, 0.717) is 0 Å². The maximum absolute atomic E-state index is 10.9. The first kappa shape index (κ1) is 24.0. The SMILES string of the molecule is O=C(O)CSC1SC(SCC(=O)O)C(SCC(=O)O)SC1SCC(=O)O. The molecule has 0 aromatic rings. The van der Waals surface area contributed by atoms with E-state index in [2.05, 4.69) is 0 Å². The van der Waals surface area contributed by atoms with Gasteiger partial charge in [0.1, 0.15) is 0 Å². The van der Waals surface area contributed by atoms with Crippen molar-refractivity contribution in [1.82, 2.24) is 0 Å². The summed E-state index contributed by atoms with van der Waals surface area (Å²) in [6, 6.07) is 0. The Morgan fingerprint density at radius 1 is 0.538 bits per heavy atom. The van der Waals surface area contributed by atoms with E-state index in [1.54, 1.807) is 0 Å². The summed E-state index contributed by atoms with van der Waals surface area (Å²) in [6.45, 7) is 0. The van der Waals surface area contributed by atoms with Crippen LogP contribution in [0.25, 0.3) is 0 Å². The predicted molar refractivity (Wildman–Crippen MR) is 111 cm³/mol. The van der Waals surface area contributed by atoms with Crippen LogP contribution in [0.3, 0.4) is 0 Å². The van der Waals surface area contributed by atoms with Crippen molar-refractivity contribution in [3.63, 3.8) is 0 Å². The van der Waals surface area contributed by atoms with Crippen molar-refractivity contribution in [3.05, 3.63) is 0 Å². The van der Waals surface area contributed by atoms with Gasteiger partial charge in [-0.25, -0.2) is 0 Å². The quantitative estimate of drug-likeness (QED) is 0.322. The zero-order chi connectivity index (χ0) is 19.7. The topological polar surface area (TPSA) is 149 Å². The normalized spacial score (nSPS) is 25.5. The second-order valence-electron chi connectivity index (χ2n) is 4.56. The van der Waals surface area contributed by atoms with Crippen LogP contribution in [0.1, 0.15) is 0 Å². The number of aliphatic carboxylic acids is 4. The number of carbonyl (C=O) groups is 4. The molecule has 1 heterocycles. The lowest BCUT2D eigenvalue weighted by Crippen LogP contribution is -2.32. The molecule has 0 bridgehead atoms. The maximum atomic E-state index is 10.9. The van der Waals surface area contributed by atoms with Crippen molar-refractivity contribution in [2.45, 2.75) is 18.3 Å². The van der Waals surface area contributed by atoms with Gasteiger partial charge >= 0.3 is 23.9 Å². The number of thioether (sulfide) groups is 6. The predicted octanol–water partition coefficient (Wildman–Crippen LogP) is 2.04. The van der Waals surface area contributed by atoms with Gasteiger partial charge in [-0.2, -0.15) is 0 Å². The van der Waals surface area contributed by atoms with Crippen molar-refractivity contribution < 1.29 is 39.6 Å². The molecule has 14 heteroatoms. The summed E-state index contributed by atoms with van der Waals surface area (Å²) in [5.74, 6) is -4.53. The lowest BCUT2D eigenvalue weighted by Gasteiger charge is -2.39. The molecule has 0 aliphatic carbocycles. The van der Waals surface area contributed by atoms with Crippen LogP contribution in [0, 0.1) is 0 Å². The molecule has 4 atom stereocenters. The first-order valence-electron chi connectivity index (χ1n) is 6.83. The van der Waals surface area contributed by atoms with Gasteiger partial charge in [-0.15, -0.1) is 70.6 Å². The third kappa shape index (κ3) is 9.78. The molecule has 1 saturated heterocycles. The van der Waals surface area contributed by atoms with Gasteiger partial charge in [0.05, 0.1) is 41.3 Å². The second-order valence-corrected chi connectivity index (χ2v) is 12.9. The third-order valence-electron chi connectivity index (χ3n) is 2.47. The van der Waals surface area contributed by atoms with E-state index in [1.807, 2.05) is 0 Å². The number of carboxylic acid groups (broad SMARTS) is 4. The van der Waals surface area contributed by atoms with Crippen molar-refractivity contribution in [2.24, 2.45) is 0 Å². The minimum Gasteiger partial charge on any atom is -0.481 e. The molecule has 8 nitrogen and oxygen atoms in total. The Morgan fingerprint density at radius 3 is 0.885 bits per heavy atom. The molecule has 0 saturated carbocycles. The van der Waals surface area contributed by atoms with E-state index < -0.39 is 23.9 Å². The molecule has 0 radical (unpaired) electrons. The Labute approximate surface area is 174 Å². The van der Waals surface area contributed by atoms with Crippen molar-refractivity contribution in [1.29, 1.82) is 0 Å². The standard InChI is InChI=1S/C12H16O8S6/c13-5(14)1-21-9-10(22-2-6(15)16)26-12(24-4-8(19)20)11(25-9)23-3-7(17)18/h9-12H,1-4H2,(H,13,14)(H,15,16)(H,17,18)(H,19,20). The third-order valence-corrected chi connectivity index (χ3v) is 13.0. The smallest absolute Gasteiger partial charge is 0.313 e. The first-order valence-corrected chi connectivity index (χ1v) is 12.9. The van der Waals surface area contributed by atoms with Gasteiger partial charge in [-0.1, -0.05) is 0 Å². The summed E-state index contributed by atoms with van der Waals surface area (Å²) in [4.78, 5) is 43.5. The number of hydrogen-bond acceptors (Lipinski definition) is 10. The molecule has 4 unspecified atom stereocenters. The van der Waals surface area contributed by atoms with E-state index in [1.165, 1.54) is 70.6 Å². The zero-order valence-electron chi connectivity index (χ0n) is 13.0. The summed E-state index contributed by atoms with van der Waals surface area (Å²) >= 11 is 7.46. The number of rotatable bonds is 12. The fourth-order valence-corrected chi connectivity index (χ4v) is 11.9. The van der Waals surface area contributed by atoms with Gasteiger partial charge < -0.3 is 20.4 Å². The highest BCUT2D eigenvalue weighted by Gasteiger charge is 2.40. The molecule has 148 valence electrons. The minimum atomic E-state index is -0.986. The summed E-state index contributed by atoms with van der Waals surface area (Å²) in [5, 5.41) is 35.6. The lowest BCUT2D eigenvalue weighted by molar-refractivity contribution is -0.135. The molecule has 0 aromatic carbocycles. The molecular formula is C12H16O8S6.